The van der Waals surface area contributed by atoms with Crippen molar-refractivity contribution in [1.29, 1.82) is 0 Å². The molecule has 0 aromatic heterocycles. The zero-order valence-corrected chi connectivity index (χ0v) is 14.7. The van der Waals surface area contributed by atoms with Crippen LogP contribution in [0.3, 0.4) is 0 Å². The minimum atomic E-state index is -0.123. The monoisotopic (exact) mass is 286 g/mol. The van der Waals surface area contributed by atoms with Crippen molar-refractivity contribution in [2.24, 2.45) is 5.92 Å². The SMILES string of the molecule is CCC(C)CN(CC)CCCCC(C)(CO)NC(C)C. The third kappa shape index (κ3) is 8.93. The molecule has 2 unspecified atom stereocenters. The highest BCUT2D eigenvalue weighted by Crippen LogP contribution is 2.15. The average Bonchev–Trinajstić information content (AvgIpc) is 2.41. The van der Waals surface area contributed by atoms with E-state index in [1.165, 1.54) is 32.4 Å². The molecule has 0 saturated carbocycles. The van der Waals surface area contributed by atoms with Gasteiger partial charge >= 0.3 is 0 Å². The molecular formula is C17H38N2O. The van der Waals surface area contributed by atoms with E-state index in [1.807, 2.05) is 0 Å². The van der Waals surface area contributed by atoms with E-state index in [-0.39, 0.29) is 12.1 Å². The summed E-state index contributed by atoms with van der Waals surface area (Å²) in [5.41, 5.74) is -0.123. The molecule has 0 aliphatic carbocycles. The lowest BCUT2D eigenvalue weighted by molar-refractivity contribution is 0.151. The third-order valence-electron chi connectivity index (χ3n) is 4.15. The number of rotatable bonds is 12. The quantitative estimate of drug-likeness (QED) is 0.541. The Hall–Kier alpha value is -0.120. The van der Waals surface area contributed by atoms with Gasteiger partial charge in [-0.05, 0) is 38.8 Å². The number of hydrogen-bond acceptors (Lipinski definition) is 3. The van der Waals surface area contributed by atoms with E-state index in [9.17, 15) is 5.11 Å². The number of nitrogens with one attached hydrogen (secondary N) is 1. The highest BCUT2D eigenvalue weighted by atomic mass is 16.3. The zero-order chi connectivity index (χ0) is 15.6. The first-order valence-corrected chi connectivity index (χ1v) is 8.47. The largest absolute Gasteiger partial charge is 0.394 e. The van der Waals surface area contributed by atoms with Gasteiger partial charge in [0.2, 0.25) is 0 Å². The number of aliphatic hydroxyl groups excluding tert-OH is 1. The fourth-order valence-electron chi connectivity index (χ4n) is 2.69. The normalized spacial score (nSPS) is 16.6. The summed E-state index contributed by atoms with van der Waals surface area (Å²) in [6.07, 6.45) is 4.70. The van der Waals surface area contributed by atoms with Crippen LogP contribution in [-0.4, -0.2) is 47.8 Å². The molecule has 0 radical (unpaired) electrons. The Morgan fingerprint density at radius 2 is 1.80 bits per heavy atom. The van der Waals surface area contributed by atoms with Crippen LogP contribution in [0.1, 0.15) is 67.2 Å². The van der Waals surface area contributed by atoms with Crippen molar-refractivity contribution < 1.29 is 5.11 Å². The molecule has 0 rings (SSSR count). The molecule has 0 bridgehead atoms. The molecule has 0 aromatic rings. The van der Waals surface area contributed by atoms with E-state index in [1.54, 1.807) is 0 Å². The highest BCUT2D eigenvalue weighted by molar-refractivity contribution is 4.83. The second-order valence-electron chi connectivity index (χ2n) is 6.88. The third-order valence-corrected chi connectivity index (χ3v) is 4.15. The molecule has 2 atom stereocenters. The van der Waals surface area contributed by atoms with E-state index >= 15 is 0 Å². The first-order valence-electron chi connectivity index (χ1n) is 8.47. The number of hydrogen-bond donors (Lipinski definition) is 2. The molecule has 122 valence electrons. The van der Waals surface area contributed by atoms with E-state index in [4.69, 9.17) is 0 Å². The van der Waals surface area contributed by atoms with Crippen molar-refractivity contribution >= 4 is 0 Å². The van der Waals surface area contributed by atoms with Crippen molar-refractivity contribution in [2.45, 2.75) is 78.8 Å². The van der Waals surface area contributed by atoms with Crippen LogP contribution in [0, 0.1) is 5.92 Å². The number of aliphatic hydroxyl groups is 1. The molecule has 0 aliphatic rings. The molecular weight excluding hydrogens is 248 g/mol. The fraction of sp³-hybridized carbons (Fsp3) is 1.00. The highest BCUT2D eigenvalue weighted by Gasteiger charge is 2.23. The summed E-state index contributed by atoms with van der Waals surface area (Å²) < 4.78 is 0. The molecule has 0 fully saturated rings. The summed E-state index contributed by atoms with van der Waals surface area (Å²) >= 11 is 0. The lowest BCUT2D eigenvalue weighted by Gasteiger charge is -2.31. The van der Waals surface area contributed by atoms with Crippen LogP contribution in [0.15, 0.2) is 0 Å². The first kappa shape index (κ1) is 19.9. The molecule has 0 aromatic carbocycles. The smallest absolute Gasteiger partial charge is 0.0610 e. The minimum Gasteiger partial charge on any atom is -0.394 e. The lowest BCUT2D eigenvalue weighted by Crippen LogP contribution is -2.49. The van der Waals surface area contributed by atoms with Gasteiger partial charge in [0, 0.05) is 18.1 Å². The molecule has 0 amide bonds. The van der Waals surface area contributed by atoms with Crippen LogP contribution in [0.4, 0.5) is 0 Å². The molecule has 20 heavy (non-hydrogen) atoms. The van der Waals surface area contributed by atoms with Gasteiger partial charge in [0.15, 0.2) is 0 Å². The van der Waals surface area contributed by atoms with Gasteiger partial charge in [-0.15, -0.1) is 0 Å². The molecule has 0 saturated heterocycles. The maximum absolute atomic E-state index is 9.57. The van der Waals surface area contributed by atoms with Crippen LogP contribution < -0.4 is 5.32 Å². The van der Waals surface area contributed by atoms with Crippen molar-refractivity contribution in [3.05, 3.63) is 0 Å². The molecule has 0 spiro atoms. The average molecular weight is 287 g/mol. The number of nitrogens with zero attached hydrogens (tertiary/aromatic N) is 1. The van der Waals surface area contributed by atoms with Crippen molar-refractivity contribution in [3.8, 4) is 0 Å². The van der Waals surface area contributed by atoms with Crippen molar-refractivity contribution in [2.75, 3.05) is 26.2 Å². The Bertz CT molecular complexity index is 233. The summed E-state index contributed by atoms with van der Waals surface area (Å²) in [5, 5.41) is 13.1. The van der Waals surface area contributed by atoms with Gasteiger partial charge in [-0.1, -0.05) is 47.5 Å². The molecule has 3 nitrogen and oxygen atoms in total. The van der Waals surface area contributed by atoms with Gasteiger partial charge in [0.05, 0.1) is 6.61 Å². The summed E-state index contributed by atoms with van der Waals surface area (Å²) in [4.78, 5) is 2.56. The summed E-state index contributed by atoms with van der Waals surface area (Å²) in [7, 11) is 0. The van der Waals surface area contributed by atoms with Gasteiger partial charge in [-0.25, -0.2) is 0 Å². The second-order valence-corrected chi connectivity index (χ2v) is 6.88. The second kappa shape index (κ2) is 10.6. The van der Waals surface area contributed by atoms with E-state index in [2.05, 4.69) is 51.8 Å². The Morgan fingerprint density at radius 1 is 1.15 bits per heavy atom. The minimum absolute atomic E-state index is 0.123. The van der Waals surface area contributed by atoms with Crippen molar-refractivity contribution in [1.82, 2.24) is 10.2 Å². The lowest BCUT2D eigenvalue weighted by atomic mass is 9.94. The van der Waals surface area contributed by atoms with Gasteiger partial charge < -0.3 is 15.3 Å². The topological polar surface area (TPSA) is 35.5 Å². The summed E-state index contributed by atoms with van der Waals surface area (Å²) in [6.45, 7) is 17.0. The Kier molecular flexibility index (Phi) is 10.5. The molecule has 3 heteroatoms. The summed E-state index contributed by atoms with van der Waals surface area (Å²) in [5.74, 6) is 0.792. The Labute approximate surface area is 127 Å². The maximum Gasteiger partial charge on any atom is 0.0610 e. The predicted octanol–water partition coefficient (Wildman–Crippen LogP) is 3.27. The van der Waals surface area contributed by atoms with Crippen LogP contribution >= 0.6 is 0 Å². The van der Waals surface area contributed by atoms with Gasteiger partial charge in [0.1, 0.15) is 0 Å². The van der Waals surface area contributed by atoms with E-state index in [0.29, 0.717) is 6.04 Å². The number of unbranched alkanes of at least 4 members (excludes halogenated alkanes) is 1. The van der Waals surface area contributed by atoms with Gasteiger partial charge in [0.25, 0.3) is 0 Å². The van der Waals surface area contributed by atoms with E-state index < -0.39 is 0 Å². The van der Waals surface area contributed by atoms with Gasteiger partial charge in [-0.2, -0.15) is 0 Å². The molecule has 2 N–H and O–H groups in total. The zero-order valence-electron chi connectivity index (χ0n) is 14.7. The van der Waals surface area contributed by atoms with Gasteiger partial charge in [-0.3, -0.25) is 0 Å². The maximum atomic E-state index is 9.57. The Balaban J connectivity index is 3.97. The van der Waals surface area contributed by atoms with Crippen LogP contribution in [0.5, 0.6) is 0 Å². The fourth-order valence-corrected chi connectivity index (χ4v) is 2.69. The standard InChI is InChI=1S/C17H38N2O/c1-7-16(5)13-19(8-2)12-10-9-11-17(6,14-20)18-15(3)4/h15-16,18,20H,7-14H2,1-6H3. The van der Waals surface area contributed by atoms with E-state index in [0.717, 1.165) is 18.9 Å². The first-order chi connectivity index (χ1) is 9.36. The Morgan fingerprint density at radius 3 is 2.25 bits per heavy atom. The molecule has 0 heterocycles. The van der Waals surface area contributed by atoms with Crippen molar-refractivity contribution in [3.63, 3.8) is 0 Å². The summed E-state index contributed by atoms with van der Waals surface area (Å²) in [6, 6.07) is 0.421. The van der Waals surface area contributed by atoms with Crippen LogP contribution in [0.2, 0.25) is 0 Å². The molecule has 0 aliphatic heterocycles. The predicted molar refractivity (Wildman–Crippen MR) is 89.2 cm³/mol. The van der Waals surface area contributed by atoms with Crippen LogP contribution in [0.25, 0.3) is 0 Å². The van der Waals surface area contributed by atoms with Crippen LogP contribution in [-0.2, 0) is 0 Å².